The highest BCUT2D eigenvalue weighted by Gasteiger charge is 1.79. The predicted octanol–water partition coefficient (Wildman–Crippen LogP) is 1.97. The molecule has 1 rings (SSSR count). The molecule has 0 atom stereocenters. The van der Waals surface area contributed by atoms with Crippen molar-refractivity contribution in [2.75, 3.05) is 0 Å². The minimum atomic E-state index is 0.957. The van der Waals surface area contributed by atoms with Gasteiger partial charge in [-0.25, -0.2) is 4.85 Å². The monoisotopic (exact) mass is 130 g/mol. The number of hydrogen-bond donors (Lipinski definition) is 0. The van der Waals surface area contributed by atoms with Crippen LogP contribution in [-0.2, 0) is 0 Å². The van der Waals surface area contributed by atoms with Gasteiger partial charge in [-0.15, -0.1) is 0 Å². The van der Waals surface area contributed by atoms with E-state index in [2.05, 4.69) is 9.83 Å². The number of pyridine rings is 1. The van der Waals surface area contributed by atoms with Crippen LogP contribution in [-0.4, -0.2) is 4.98 Å². The van der Waals surface area contributed by atoms with E-state index < -0.39 is 0 Å². The van der Waals surface area contributed by atoms with E-state index in [0.29, 0.717) is 0 Å². The minimum absolute atomic E-state index is 0.957. The molecule has 1 aromatic rings. The fraction of sp³-hybridized carbons (Fsp3) is 0. The van der Waals surface area contributed by atoms with Crippen molar-refractivity contribution in [2.24, 2.45) is 0 Å². The molecule has 10 heavy (non-hydrogen) atoms. The van der Waals surface area contributed by atoms with Gasteiger partial charge in [-0.1, -0.05) is 12.1 Å². The maximum absolute atomic E-state index is 6.47. The van der Waals surface area contributed by atoms with Crippen LogP contribution in [0.25, 0.3) is 10.9 Å². The fourth-order valence-corrected chi connectivity index (χ4v) is 0.598. The van der Waals surface area contributed by atoms with Crippen molar-refractivity contribution in [3.8, 4) is 0 Å². The van der Waals surface area contributed by atoms with Crippen molar-refractivity contribution in [3.63, 3.8) is 0 Å². The molecule has 0 radical (unpaired) electrons. The molecule has 0 aliphatic heterocycles. The van der Waals surface area contributed by atoms with Crippen molar-refractivity contribution >= 4 is 6.08 Å². The Bertz CT molecular complexity index is 256. The normalized spacial score (nSPS) is 9.50. The second kappa shape index (κ2) is 3.41. The van der Waals surface area contributed by atoms with Gasteiger partial charge in [-0.3, -0.25) is 4.98 Å². The van der Waals surface area contributed by atoms with Crippen molar-refractivity contribution in [3.05, 3.63) is 47.7 Å². The third-order valence-corrected chi connectivity index (χ3v) is 1.03. The Morgan fingerprint density at radius 3 is 3.10 bits per heavy atom. The standard InChI is InChI=1S/C8H6N2/c1-9-6-4-8-3-2-5-10-7-8/h2-7H. The van der Waals surface area contributed by atoms with Crippen molar-refractivity contribution in [1.82, 2.24) is 4.98 Å². The quantitative estimate of drug-likeness (QED) is 0.531. The number of nitrogens with zero attached hydrogens (tertiary/aromatic N) is 2. The zero-order valence-corrected chi connectivity index (χ0v) is 5.36. The number of hydrogen-bond acceptors (Lipinski definition) is 1. The van der Waals surface area contributed by atoms with E-state index in [4.69, 9.17) is 6.57 Å². The first-order valence-electron chi connectivity index (χ1n) is 2.86. The molecule has 0 unspecified atom stereocenters. The highest BCUT2D eigenvalue weighted by atomic mass is 14.6. The molecule has 0 saturated carbocycles. The molecule has 0 spiro atoms. The molecule has 0 amide bonds. The summed E-state index contributed by atoms with van der Waals surface area (Å²) in [6.45, 7) is 6.47. The summed E-state index contributed by atoms with van der Waals surface area (Å²) in [4.78, 5) is 6.96. The van der Waals surface area contributed by atoms with Gasteiger partial charge in [0.05, 0.1) is 6.57 Å². The zero-order chi connectivity index (χ0) is 7.23. The summed E-state index contributed by atoms with van der Waals surface area (Å²) in [6.07, 6.45) is 6.55. The van der Waals surface area contributed by atoms with E-state index in [0.717, 1.165) is 5.56 Å². The Morgan fingerprint density at radius 1 is 1.60 bits per heavy atom. The van der Waals surface area contributed by atoms with E-state index >= 15 is 0 Å². The van der Waals surface area contributed by atoms with E-state index in [1.54, 1.807) is 18.5 Å². The van der Waals surface area contributed by atoms with E-state index in [9.17, 15) is 0 Å². The predicted molar refractivity (Wildman–Crippen MR) is 39.9 cm³/mol. The van der Waals surface area contributed by atoms with Gasteiger partial charge >= 0.3 is 0 Å². The second-order valence-corrected chi connectivity index (χ2v) is 1.73. The van der Waals surface area contributed by atoms with Crippen molar-refractivity contribution < 1.29 is 0 Å². The molecular weight excluding hydrogens is 124 g/mol. The van der Waals surface area contributed by atoms with Crippen LogP contribution in [0.4, 0.5) is 0 Å². The molecule has 0 saturated heterocycles. The molecule has 0 aromatic carbocycles. The number of aromatic nitrogens is 1. The molecule has 48 valence electrons. The largest absolute Gasteiger partial charge is 0.264 e. The summed E-state index contributed by atoms with van der Waals surface area (Å²) in [5.41, 5.74) is 0.957. The topological polar surface area (TPSA) is 17.2 Å². The lowest BCUT2D eigenvalue weighted by atomic mass is 10.3. The van der Waals surface area contributed by atoms with Crippen molar-refractivity contribution in [2.45, 2.75) is 0 Å². The van der Waals surface area contributed by atoms with Gasteiger partial charge in [0.25, 0.3) is 0 Å². The van der Waals surface area contributed by atoms with E-state index in [1.165, 1.54) is 6.20 Å². The SMILES string of the molecule is [C-]#[N+]C=Cc1cccnc1. The lowest BCUT2D eigenvalue weighted by Gasteiger charge is -1.86. The van der Waals surface area contributed by atoms with Gasteiger partial charge < -0.3 is 0 Å². The molecule has 0 N–H and O–H groups in total. The molecule has 0 aliphatic carbocycles. The van der Waals surface area contributed by atoms with E-state index in [-0.39, 0.29) is 0 Å². The first-order valence-corrected chi connectivity index (χ1v) is 2.86. The summed E-state index contributed by atoms with van der Waals surface area (Å²) in [7, 11) is 0. The molecule has 0 bridgehead atoms. The Morgan fingerprint density at radius 2 is 2.50 bits per heavy atom. The minimum Gasteiger partial charge on any atom is -0.264 e. The summed E-state index contributed by atoms with van der Waals surface area (Å²) in [6, 6.07) is 3.73. The number of rotatable bonds is 1. The highest BCUT2D eigenvalue weighted by molar-refractivity contribution is 5.48. The molecule has 0 fully saturated rings. The molecular formula is C8H6N2. The lowest BCUT2D eigenvalue weighted by molar-refractivity contribution is 1.32. The van der Waals surface area contributed by atoms with Gasteiger partial charge in [-0.2, -0.15) is 0 Å². The average Bonchev–Trinajstić information content (AvgIpc) is 2.03. The van der Waals surface area contributed by atoms with Gasteiger partial charge in [0, 0.05) is 12.4 Å². The summed E-state index contributed by atoms with van der Waals surface area (Å²) in [5, 5.41) is 0. The lowest BCUT2D eigenvalue weighted by Crippen LogP contribution is -1.71. The Kier molecular flexibility index (Phi) is 2.22. The van der Waals surface area contributed by atoms with Gasteiger partial charge in [0.1, 0.15) is 0 Å². The summed E-state index contributed by atoms with van der Waals surface area (Å²) < 4.78 is 0. The van der Waals surface area contributed by atoms with Crippen LogP contribution in [0.1, 0.15) is 5.56 Å². The van der Waals surface area contributed by atoms with Gasteiger partial charge in [0.15, 0.2) is 6.20 Å². The average molecular weight is 130 g/mol. The van der Waals surface area contributed by atoms with Crippen LogP contribution < -0.4 is 0 Å². The van der Waals surface area contributed by atoms with Crippen LogP contribution in [0.2, 0.25) is 0 Å². The van der Waals surface area contributed by atoms with Crippen LogP contribution in [0.15, 0.2) is 30.7 Å². The van der Waals surface area contributed by atoms with Crippen molar-refractivity contribution in [1.29, 1.82) is 0 Å². The molecule has 2 heteroatoms. The van der Waals surface area contributed by atoms with Crippen LogP contribution in [0.3, 0.4) is 0 Å². The van der Waals surface area contributed by atoms with Crippen LogP contribution >= 0.6 is 0 Å². The first-order chi connectivity index (χ1) is 4.93. The molecule has 2 nitrogen and oxygen atoms in total. The van der Waals surface area contributed by atoms with Gasteiger partial charge in [-0.05, 0) is 11.6 Å². The summed E-state index contributed by atoms with van der Waals surface area (Å²) >= 11 is 0. The molecule has 1 aromatic heterocycles. The smallest absolute Gasteiger partial charge is 0.154 e. The third kappa shape index (κ3) is 1.71. The van der Waals surface area contributed by atoms with E-state index in [1.807, 2.05) is 12.1 Å². The summed E-state index contributed by atoms with van der Waals surface area (Å²) in [5.74, 6) is 0. The Hall–Kier alpha value is -1.62. The third-order valence-electron chi connectivity index (χ3n) is 1.03. The zero-order valence-electron chi connectivity index (χ0n) is 5.36. The Labute approximate surface area is 59.7 Å². The second-order valence-electron chi connectivity index (χ2n) is 1.73. The maximum Gasteiger partial charge on any atom is 0.154 e. The van der Waals surface area contributed by atoms with Crippen LogP contribution in [0.5, 0.6) is 0 Å². The first kappa shape index (κ1) is 6.50. The fourth-order valence-electron chi connectivity index (χ4n) is 0.598. The van der Waals surface area contributed by atoms with Gasteiger partial charge in [0.2, 0.25) is 0 Å². The highest BCUT2D eigenvalue weighted by Crippen LogP contribution is 1.97. The maximum atomic E-state index is 6.47. The van der Waals surface area contributed by atoms with Crippen LogP contribution in [0, 0.1) is 6.57 Å². The molecule has 0 aliphatic rings. The Balaban J connectivity index is 2.79. The molecule has 1 heterocycles.